The zero-order valence-corrected chi connectivity index (χ0v) is 12.0. The number of aliphatic hydroxyl groups excluding tert-OH is 1. The third-order valence-corrected chi connectivity index (χ3v) is 3.23. The minimum absolute atomic E-state index is 0.156. The van der Waals surface area contributed by atoms with E-state index in [9.17, 15) is 13.9 Å². The molecule has 0 bridgehead atoms. The fourth-order valence-electron chi connectivity index (χ4n) is 2.25. The van der Waals surface area contributed by atoms with E-state index in [0.717, 1.165) is 18.6 Å². The number of rotatable bonds is 6. The number of hydrogen-bond donors (Lipinski definition) is 1. The molecule has 1 aromatic heterocycles. The number of ether oxygens (including phenoxy) is 1. The van der Waals surface area contributed by atoms with Crippen LogP contribution in [0.1, 0.15) is 30.7 Å². The number of aromatic nitrogens is 2. The van der Waals surface area contributed by atoms with E-state index in [1.165, 1.54) is 13.2 Å². The Balaban J connectivity index is 2.24. The van der Waals surface area contributed by atoms with Crippen LogP contribution in [0.2, 0.25) is 0 Å². The van der Waals surface area contributed by atoms with Gasteiger partial charge in [0.25, 0.3) is 0 Å². The molecule has 1 aromatic carbocycles. The fraction of sp³-hybridized carbons (Fsp3) is 0.400. The van der Waals surface area contributed by atoms with Crippen molar-refractivity contribution < 1.29 is 18.6 Å². The van der Waals surface area contributed by atoms with Gasteiger partial charge in [0.2, 0.25) is 0 Å². The Kier molecular flexibility index (Phi) is 4.90. The molecule has 2 aromatic rings. The number of aryl methyl sites for hydroxylation is 1. The molecule has 6 heteroatoms. The lowest BCUT2D eigenvalue weighted by Crippen LogP contribution is -2.12. The normalized spacial score (nSPS) is 12.4. The van der Waals surface area contributed by atoms with Gasteiger partial charge in [-0.05, 0) is 24.1 Å². The van der Waals surface area contributed by atoms with Crippen molar-refractivity contribution in [3.63, 3.8) is 0 Å². The molecule has 0 spiro atoms. The van der Waals surface area contributed by atoms with E-state index in [-0.39, 0.29) is 6.42 Å². The van der Waals surface area contributed by atoms with Crippen LogP contribution < -0.4 is 4.74 Å². The molecule has 114 valence electrons. The summed E-state index contributed by atoms with van der Waals surface area (Å²) in [5.74, 6) is -1.34. The molecule has 0 saturated carbocycles. The van der Waals surface area contributed by atoms with Crippen LogP contribution in [0.25, 0.3) is 0 Å². The summed E-state index contributed by atoms with van der Waals surface area (Å²) < 4.78 is 33.0. The first-order chi connectivity index (χ1) is 10.1. The highest BCUT2D eigenvalue weighted by Crippen LogP contribution is 2.28. The summed E-state index contributed by atoms with van der Waals surface area (Å²) >= 11 is 0. The highest BCUT2D eigenvalue weighted by molar-refractivity contribution is 5.29. The number of nitrogens with zero attached hydrogens (tertiary/aromatic N) is 2. The third kappa shape index (κ3) is 3.39. The average Bonchev–Trinajstić information content (AvgIpc) is 2.86. The maximum Gasteiger partial charge on any atom is 0.162 e. The van der Waals surface area contributed by atoms with Crippen molar-refractivity contribution in [2.24, 2.45) is 0 Å². The molecule has 4 nitrogen and oxygen atoms in total. The summed E-state index contributed by atoms with van der Waals surface area (Å²) in [6.07, 6.45) is 1.65. The summed E-state index contributed by atoms with van der Waals surface area (Å²) in [6, 6.07) is 3.60. The van der Waals surface area contributed by atoms with Gasteiger partial charge in [-0.1, -0.05) is 13.0 Å². The third-order valence-electron chi connectivity index (χ3n) is 3.23. The zero-order chi connectivity index (χ0) is 15.4. The topological polar surface area (TPSA) is 47.3 Å². The predicted molar refractivity (Wildman–Crippen MR) is 74.1 cm³/mol. The number of aliphatic hydroxyl groups is 1. The number of halogens is 2. The maximum atomic E-state index is 13.2. The molecule has 0 radical (unpaired) electrons. The molecule has 0 saturated heterocycles. The summed E-state index contributed by atoms with van der Waals surface area (Å²) in [5, 5.41) is 14.6. The monoisotopic (exact) mass is 296 g/mol. The van der Waals surface area contributed by atoms with Gasteiger partial charge in [-0.2, -0.15) is 5.10 Å². The van der Waals surface area contributed by atoms with Crippen LogP contribution in [0.15, 0.2) is 24.4 Å². The van der Waals surface area contributed by atoms with E-state index < -0.39 is 17.7 Å². The molecular formula is C15H18F2N2O2. The lowest BCUT2D eigenvalue weighted by Gasteiger charge is -2.15. The Morgan fingerprint density at radius 1 is 1.33 bits per heavy atom. The quantitative estimate of drug-likeness (QED) is 0.891. The Morgan fingerprint density at radius 2 is 2.10 bits per heavy atom. The van der Waals surface area contributed by atoms with Gasteiger partial charge in [-0.25, -0.2) is 8.78 Å². The second-order valence-electron chi connectivity index (χ2n) is 4.79. The SMILES string of the molecule is CCCn1ncc(OC)c1C(O)Cc1ccc(F)c(F)c1. The molecular weight excluding hydrogens is 278 g/mol. The van der Waals surface area contributed by atoms with Crippen molar-refractivity contribution >= 4 is 0 Å². The number of benzene rings is 1. The summed E-state index contributed by atoms with van der Waals surface area (Å²) in [5.41, 5.74) is 1.05. The Labute approximate surface area is 122 Å². The average molecular weight is 296 g/mol. The first kappa shape index (κ1) is 15.4. The molecule has 21 heavy (non-hydrogen) atoms. The highest BCUT2D eigenvalue weighted by Gasteiger charge is 2.20. The van der Waals surface area contributed by atoms with Crippen LogP contribution in [0, 0.1) is 11.6 Å². The molecule has 1 atom stereocenters. The van der Waals surface area contributed by atoms with Crippen molar-refractivity contribution in [2.75, 3.05) is 7.11 Å². The van der Waals surface area contributed by atoms with Gasteiger partial charge in [0.05, 0.1) is 13.3 Å². The highest BCUT2D eigenvalue weighted by atomic mass is 19.2. The van der Waals surface area contributed by atoms with Crippen molar-refractivity contribution in [2.45, 2.75) is 32.4 Å². The van der Waals surface area contributed by atoms with Crippen molar-refractivity contribution in [3.8, 4) is 5.75 Å². The molecule has 0 aliphatic heterocycles. The Bertz CT molecular complexity index is 614. The van der Waals surface area contributed by atoms with E-state index >= 15 is 0 Å². The maximum absolute atomic E-state index is 13.2. The van der Waals surface area contributed by atoms with Gasteiger partial charge < -0.3 is 9.84 Å². The van der Waals surface area contributed by atoms with E-state index in [4.69, 9.17) is 4.74 Å². The molecule has 0 aliphatic rings. The molecule has 0 amide bonds. The number of hydrogen-bond acceptors (Lipinski definition) is 3. The first-order valence-corrected chi connectivity index (χ1v) is 6.78. The molecule has 1 heterocycles. The van der Waals surface area contributed by atoms with Crippen LogP contribution in [-0.4, -0.2) is 22.0 Å². The van der Waals surface area contributed by atoms with Gasteiger partial charge in [0.1, 0.15) is 11.8 Å². The molecule has 1 unspecified atom stereocenters. The predicted octanol–water partition coefficient (Wildman–Crippen LogP) is 2.86. The summed E-state index contributed by atoms with van der Waals surface area (Å²) in [7, 11) is 1.50. The molecule has 2 rings (SSSR count). The van der Waals surface area contributed by atoms with Gasteiger partial charge in [-0.15, -0.1) is 0 Å². The van der Waals surface area contributed by atoms with Gasteiger partial charge in [0, 0.05) is 13.0 Å². The van der Waals surface area contributed by atoms with E-state index in [2.05, 4.69) is 5.10 Å². The van der Waals surface area contributed by atoms with Crippen LogP contribution in [0.3, 0.4) is 0 Å². The van der Waals surface area contributed by atoms with E-state index in [0.29, 0.717) is 23.6 Å². The van der Waals surface area contributed by atoms with E-state index in [1.54, 1.807) is 10.9 Å². The molecule has 0 aliphatic carbocycles. The van der Waals surface area contributed by atoms with Crippen molar-refractivity contribution in [3.05, 3.63) is 47.3 Å². The lowest BCUT2D eigenvalue weighted by atomic mass is 10.0. The van der Waals surface area contributed by atoms with Crippen LogP contribution in [0.4, 0.5) is 8.78 Å². The molecule has 1 N–H and O–H groups in total. The molecule has 0 fully saturated rings. The van der Waals surface area contributed by atoms with Crippen molar-refractivity contribution in [1.82, 2.24) is 9.78 Å². The smallest absolute Gasteiger partial charge is 0.162 e. The standard InChI is InChI=1S/C15H18F2N2O2/c1-3-6-19-15(14(21-2)9-18-19)13(20)8-10-4-5-11(16)12(17)7-10/h4-5,7,9,13,20H,3,6,8H2,1-2H3. The second kappa shape index (κ2) is 6.67. The van der Waals surface area contributed by atoms with E-state index in [1.807, 2.05) is 6.92 Å². The zero-order valence-electron chi connectivity index (χ0n) is 12.0. The minimum Gasteiger partial charge on any atom is -0.493 e. The first-order valence-electron chi connectivity index (χ1n) is 6.78. The van der Waals surface area contributed by atoms with Gasteiger partial charge in [-0.3, -0.25) is 4.68 Å². The number of methoxy groups -OCH3 is 1. The minimum atomic E-state index is -0.922. The van der Waals surface area contributed by atoms with Gasteiger partial charge in [0.15, 0.2) is 17.4 Å². The Morgan fingerprint density at radius 3 is 2.71 bits per heavy atom. The van der Waals surface area contributed by atoms with Gasteiger partial charge >= 0.3 is 0 Å². The van der Waals surface area contributed by atoms with Crippen molar-refractivity contribution in [1.29, 1.82) is 0 Å². The fourth-order valence-corrected chi connectivity index (χ4v) is 2.25. The summed E-state index contributed by atoms with van der Waals surface area (Å²) in [6.45, 7) is 2.65. The van der Waals surface area contributed by atoms with Crippen LogP contribution in [-0.2, 0) is 13.0 Å². The largest absolute Gasteiger partial charge is 0.493 e. The van der Waals surface area contributed by atoms with Crippen LogP contribution >= 0.6 is 0 Å². The second-order valence-corrected chi connectivity index (χ2v) is 4.79. The Hall–Kier alpha value is -1.95. The summed E-state index contributed by atoms with van der Waals surface area (Å²) in [4.78, 5) is 0. The van der Waals surface area contributed by atoms with Crippen LogP contribution in [0.5, 0.6) is 5.75 Å². The lowest BCUT2D eigenvalue weighted by molar-refractivity contribution is 0.162.